The molecule has 1 aromatic rings. The van der Waals surface area contributed by atoms with Gasteiger partial charge >= 0.3 is 12.1 Å². The molecule has 8 heteroatoms. The first-order chi connectivity index (χ1) is 11.4. The predicted molar refractivity (Wildman–Crippen MR) is 86.9 cm³/mol. The quantitative estimate of drug-likeness (QED) is 0.826. The number of halogens is 1. The Morgan fingerprint density at radius 3 is 2.83 bits per heavy atom. The Labute approximate surface area is 138 Å². The van der Waals surface area contributed by atoms with E-state index in [9.17, 15) is 19.1 Å². The number of urea groups is 1. The summed E-state index contributed by atoms with van der Waals surface area (Å²) in [6, 6.07) is 5.15. The molecule has 1 spiro atoms. The standard InChI is InChI=1S/C16H19FN4O3/c1-10-9-16(6-7-20(10)15(23)24)13(18-2)19-14(22)21(16)12-5-3-4-11(17)8-12/h3-5,8,10H,6-7,9H2,1-2H3,(H,23,24)(H,18,19,22). The maximum Gasteiger partial charge on any atom is 0.407 e. The highest BCUT2D eigenvalue weighted by molar-refractivity contribution is 6.19. The molecule has 0 aliphatic carbocycles. The summed E-state index contributed by atoms with van der Waals surface area (Å²) in [7, 11) is 1.58. The van der Waals surface area contributed by atoms with E-state index in [2.05, 4.69) is 10.3 Å². The topological polar surface area (TPSA) is 85.2 Å². The van der Waals surface area contributed by atoms with Crippen molar-refractivity contribution in [1.29, 1.82) is 0 Å². The summed E-state index contributed by atoms with van der Waals surface area (Å²) in [4.78, 5) is 30.9. The molecule has 0 radical (unpaired) electrons. The predicted octanol–water partition coefficient (Wildman–Crippen LogP) is 2.28. The van der Waals surface area contributed by atoms with E-state index in [1.54, 1.807) is 26.1 Å². The zero-order chi connectivity index (χ0) is 17.5. The smallest absolute Gasteiger partial charge is 0.407 e. The number of likely N-dealkylation sites (tertiary alicyclic amines) is 1. The first-order valence-electron chi connectivity index (χ1n) is 7.72. The number of piperidine rings is 1. The van der Waals surface area contributed by atoms with Gasteiger partial charge in [0.15, 0.2) is 0 Å². The number of nitrogens with one attached hydrogen (secondary N) is 1. The minimum atomic E-state index is -0.984. The van der Waals surface area contributed by atoms with Gasteiger partial charge in [-0.25, -0.2) is 14.0 Å². The Hall–Kier alpha value is -2.64. The number of carbonyl (C=O) groups excluding carboxylic acids is 1. The van der Waals surface area contributed by atoms with Crippen molar-refractivity contribution in [2.75, 3.05) is 18.5 Å². The van der Waals surface area contributed by atoms with Crippen LogP contribution >= 0.6 is 0 Å². The molecule has 1 aromatic carbocycles. The van der Waals surface area contributed by atoms with E-state index < -0.39 is 17.4 Å². The van der Waals surface area contributed by atoms with Crippen LogP contribution in [0.25, 0.3) is 0 Å². The van der Waals surface area contributed by atoms with Crippen LogP contribution < -0.4 is 10.2 Å². The van der Waals surface area contributed by atoms with Crippen molar-refractivity contribution in [2.45, 2.75) is 31.3 Å². The molecular weight excluding hydrogens is 315 g/mol. The number of anilines is 1. The Kier molecular flexibility index (Phi) is 3.90. The van der Waals surface area contributed by atoms with Crippen LogP contribution in [0.15, 0.2) is 29.3 Å². The summed E-state index contributed by atoms with van der Waals surface area (Å²) in [6.07, 6.45) is -0.200. The second-order valence-corrected chi connectivity index (χ2v) is 6.13. The normalized spacial score (nSPS) is 28.5. The summed E-state index contributed by atoms with van der Waals surface area (Å²) in [5.74, 6) is 0.0574. The van der Waals surface area contributed by atoms with E-state index in [4.69, 9.17) is 0 Å². The molecule has 3 rings (SSSR count). The molecule has 2 aliphatic rings. The molecule has 128 valence electrons. The van der Waals surface area contributed by atoms with Gasteiger partial charge in [0.25, 0.3) is 0 Å². The minimum absolute atomic E-state index is 0.274. The lowest BCUT2D eigenvalue weighted by atomic mass is 9.81. The number of carboxylic acid groups (broad SMARTS) is 1. The van der Waals surface area contributed by atoms with Gasteiger partial charge in [0.1, 0.15) is 17.2 Å². The molecule has 2 N–H and O–H groups in total. The lowest BCUT2D eigenvalue weighted by molar-refractivity contribution is 0.100. The van der Waals surface area contributed by atoms with Gasteiger partial charge in [-0.05, 0) is 38.0 Å². The Bertz CT molecular complexity index is 723. The molecule has 0 saturated carbocycles. The average molecular weight is 334 g/mol. The van der Waals surface area contributed by atoms with Crippen LogP contribution in [-0.4, -0.2) is 53.1 Å². The number of carbonyl (C=O) groups is 2. The first-order valence-corrected chi connectivity index (χ1v) is 7.72. The molecule has 2 saturated heterocycles. The van der Waals surface area contributed by atoms with Gasteiger partial charge in [0, 0.05) is 25.3 Å². The van der Waals surface area contributed by atoms with Crippen LogP contribution in [0.1, 0.15) is 19.8 Å². The van der Waals surface area contributed by atoms with Crippen molar-refractivity contribution in [3.63, 3.8) is 0 Å². The van der Waals surface area contributed by atoms with Crippen LogP contribution in [0.4, 0.5) is 19.7 Å². The lowest BCUT2D eigenvalue weighted by Crippen LogP contribution is -2.60. The fraction of sp³-hybridized carbons (Fsp3) is 0.438. The molecular formula is C16H19FN4O3. The van der Waals surface area contributed by atoms with Gasteiger partial charge in [0.05, 0.1) is 0 Å². The van der Waals surface area contributed by atoms with Crippen LogP contribution in [0.5, 0.6) is 0 Å². The molecule has 2 atom stereocenters. The highest BCUT2D eigenvalue weighted by atomic mass is 19.1. The highest BCUT2D eigenvalue weighted by Gasteiger charge is 2.54. The van der Waals surface area contributed by atoms with E-state index in [1.807, 2.05) is 0 Å². The summed E-state index contributed by atoms with van der Waals surface area (Å²) < 4.78 is 13.7. The van der Waals surface area contributed by atoms with Crippen LogP contribution in [0.2, 0.25) is 0 Å². The number of rotatable bonds is 1. The van der Waals surface area contributed by atoms with E-state index in [1.165, 1.54) is 21.9 Å². The number of aliphatic imine (C=N–C) groups is 1. The Balaban J connectivity index is 2.05. The maximum atomic E-state index is 13.7. The molecule has 7 nitrogen and oxygen atoms in total. The Morgan fingerprint density at radius 2 is 2.25 bits per heavy atom. The number of amidine groups is 1. The third-order valence-corrected chi connectivity index (χ3v) is 4.76. The largest absolute Gasteiger partial charge is 0.465 e. The molecule has 0 aromatic heterocycles. The van der Waals surface area contributed by atoms with Gasteiger partial charge in [0.2, 0.25) is 0 Å². The van der Waals surface area contributed by atoms with Crippen molar-refractivity contribution in [2.24, 2.45) is 4.99 Å². The molecule has 2 unspecified atom stereocenters. The van der Waals surface area contributed by atoms with E-state index in [0.717, 1.165) is 0 Å². The van der Waals surface area contributed by atoms with E-state index in [-0.39, 0.29) is 18.6 Å². The molecule has 24 heavy (non-hydrogen) atoms. The monoisotopic (exact) mass is 334 g/mol. The molecule has 0 bridgehead atoms. The third-order valence-electron chi connectivity index (χ3n) is 4.76. The first kappa shape index (κ1) is 16.2. The zero-order valence-corrected chi connectivity index (χ0v) is 13.5. The second-order valence-electron chi connectivity index (χ2n) is 6.13. The molecule has 2 aliphatic heterocycles. The SMILES string of the molecule is CN=C1NC(=O)N(c2cccc(F)c2)C12CCN(C(=O)O)C(C)C2. The molecule has 3 amide bonds. The number of nitrogens with zero attached hydrogens (tertiary/aromatic N) is 3. The second kappa shape index (κ2) is 5.77. The summed E-state index contributed by atoms with van der Waals surface area (Å²) in [5.41, 5.74) is -0.354. The van der Waals surface area contributed by atoms with Gasteiger partial charge in [-0.1, -0.05) is 6.07 Å². The number of hydrogen-bond acceptors (Lipinski definition) is 3. The number of benzene rings is 1. The molecule has 2 fully saturated rings. The van der Waals surface area contributed by atoms with Gasteiger partial charge < -0.3 is 10.0 Å². The van der Waals surface area contributed by atoms with Crippen molar-refractivity contribution in [3.8, 4) is 0 Å². The van der Waals surface area contributed by atoms with Crippen molar-refractivity contribution >= 4 is 23.6 Å². The lowest BCUT2D eigenvalue weighted by Gasteiger charge is -2.45. The summed E-state index contributed by atoms with van der Waals surface area (Å²) >= 11 is 0. The zero-order valence-electron chi connectivity index (χ0n) is 13.5. The fourth-order valence-electron chi connectivity index (χ4n) is 3.75. The minimum Gasteiger partial charge on any atom is -0.465 e. The van der Waals surface area contributed by atoms with Crippen LogP contribution in [0, 0.1) is 5.82 Å². The van der Waals surface area contributed by atoms with Gasteiger partial charge in [-0.3, -0.25) is 15.2 Å². The third kappa shape index (κ3) is 2.38. The number of amides is 3. The fourth-order valence-corrected chi connectivity index (χ4v) is 3.75. The summed E-state index contributed by atoms with van der Waals surface area (Å²) in [5, 5.41) is 12.0. The van der Waals surface area contributed by atoms with Crippen LogP contribution in [-0.2, 0) is 0 Å². The van der Waals surface area contributed by atoms with Crippen molar-refractivity contribution in [3.05, 3.63) is 30.1 Å². The average Bonchev–Trinajstić information content (AvgIpc) is 2.78. The Morgan fingerprint density at radius 1 is 1.50 bits per heavy atom. The van der Waals surface area contributed by atoms with Gasteiger partial charge in [-0.2, -0.15) is 0 Å². The van der Waals surface area contributed by atoms with Crippen molar-refractivity contribution in [1.82, 2.24) is 10.2 Å². The van der Waals surface area contributed by atoms with E-state index in [0.29, 0.717) is 24.4 Å². The summed E-state index contributed by atoms with van der Waals surface area (Å²) in [6.45, 7) is 2.07. The maximum absolute atomic E-state index is 13.7. The van der Waals surface area contributed by atoms with Crippen molar-refractivity contribution < 1.29 is 19.1 Å². The van der Waals surface area contributed by atoms with Gasteiger partial charge in [-0.15, -0.1) is 0 Å². The highest BCUT2D eigenvalue weighted by Crippen LogP contribution is 2.39. The van der Waals surface area contributed by atoms with Crippen LogP contribution in [0.3, 0.4) is 0 Å². The number of hydrogen-bond donors (Lipinski definition) is 2. The molecule has 2 heterocycles. The van der Waals surface area contributed by atoms with E-state index >= 15 is 0 Å².